The molecule has 1 atom stereocenters. The van der Waals surface area contributed by atoms with Crippen molar-refractivity contribution in [2.75, 3.05) is 0 Å². The number of rotatable bonds is 11. The average molecular weight is 699 g/mol. The highest BCUT2D eigenvalue weighted by atomic mass is 16.3. The summed E-state index contributed by atoms with van der Waals surface area (Å²) in [5.74, 6) is 1.02. The monoisotopic (exact) mass is 698 g/mol. The lowest BCUT2D eigenvalue weighted by Crippen LogP contribution is -2.62. The van der Waals surface area contributed by atoms with Crippen molar-refractivity contribution in [1.29, 1.82) is 0 Å². The van der Waals surface area contributed by atoms with E-state index < -0.39 is 0 Å². The lowest BCUT2D eigenvalue weighted by atomic mass is 9.68. The van der Waals surface area contributed by atoms with Crippen molar-refractivity contribution in [3.63, 3.8) is 0 Å². The van der Waals surface area contributed by atoms with Gasteiger partial charge in [0.15, 0.2) is 17.9 Å². The number of para-hydroxylation sites is 1. The van der Waals surface area contributed by atoms with Gasteiger partial charge in [0.25, 0.3) is 0 Å². The van der Waals surface area contributed by atoms with Gasteiger partial charge in [0, 0.05) is 64.9 Å². The second-order valence-electron chi connectivity index (χ2n) is 15.5. The Kier molecular flexibility index (Phi) is 9.53. The molecule has 0 spiro atoms. The second kappa shape index (κ2) is 14.4. The van der Waals surface area contributed by atoms with Crippen LogP contribution in [0.4, 0.5) is 0 Å². The van der Waals surface area contributed by atoms with Crippen LogP contribution in [0.2, 0.25) is 0 Å². The van der Waals surface area contributed by atoms with Gasteiger partial charge in [0.2, 0.25) is 11.4 Å². The molecule has 8 rings (SSSR count). The number of nitrogens with zero attached hydrogens (tertiary/aromatic N) is 2. The van der Waals surface area contributed by atoms with Gasteiger partial charge < -0.3 is 4.42 Å². The van der Waals surface area contributed by atoms with E-state index in [0.29, 0.717) is 11.8 Å². The highest BCUT2D eigenvalue weighted by Gasteiger charge is 2.52. The molecule has 4 heterocycles. The van der Waals surface area contributed by atoms with Crippen LogP contribution in [0.1, 0.15) is 88.0 Å². The van der Waals surface area contributed by atoms with E-state index in [4.69, 9.17) is 4.42 Å². The number of hydrogen-bond acceptors (Lipinski definition) is 1. The molecule has 0 fully saturated rings. The molecule has 0 N–H and O–H groups in total. The normalized spacial score (nSPS) is 14.9. The Labute approximate surface area is 316 Å². The predicted molar refractivity (Wildman–Crippen MR) is 220 cm³/mol. The van der Waals surface area contributed by atoms with Gasteiger partial charge in [0.1, 0.15) is 17.7 Å². The SMILES string of the molecule is CCC(CC)Cc1cc2[n+](cc1-c1ccccc1)C(CC)(CC)C(CC[n+]1ccc(C)cc1-c1cc3c(cc1C)oc1ccccc13)c1ccccc1-2. The molecule has 0 saturated carbocycles. The van der Waals surface area contributed by atoms with Gasteiger partial charge in [-0.2, -0.15) is 9.13 Å². The van der Waals surface area contributed by atoms with Crippen molar-refractivity contribution in [3.8, 4) is 33.6 Å². The van der Waals surface area contributed by atoms with Gasteiger partial charge in [-0.25, -0.2) is 0 Å². The topological polar surface area (TPSA) is 20.9 Å². The maximum atomic E-state index is 6.28. The summed E-state index contributed by atoms with van der Waals surface area (Å²) in [7, 11) is 0. The van der Waals surface area contributed by atoms with E-state index in [1.807, 2.05) is 0 Å². The van der Waals surface area contributed by atoms with Gasteiger partial charge in [-0.3, -0.25) is 0 Å². The maximum absolute atomic E-state index is 6.28. The fourth-order valence-electron chi connectivity index (χ4n) is 9.58. The summed E-state index contributed by atoms with van der Waals surface area (Å²) in [5.41, 5.74) is 15.3. The van der Waals surface area contributed by atoms with Crippen LogP contribution in [-0.2, 0) is 18.5 Å². The number of fused-ring (bicyclic) bond motifs is 6. The minimum atomic E-state index is -0.0589. The van der Waals surface area contributed by atoms with Gasteiger partial charge >= 0.3 is 0 Å². The fourth-order valence-corrected chi connectivity index (χ4v) is 9.58. The lowest BCUT2D eigenvalue weighted by molar-refractivity contribution is -0.764. The zero-order valence-corrected chi connectivity index (χ0v) is 32.5. The van der Waals surface area contributed by atoms with Crippen molar-refractivity contribution < 1.29 is 13.6 Å². The first-order chi connectivity index (χ1) is 25.9. The van der Waals surface area contributed by atoms with Gasteiger partial charge in [-0.1, -0.05) is 107 Å². The van der Waals surface area contributed by atoms with E-state index in [0.717, 1.165) is 43.4 Å². The molecular formula is C50H54N2O+2. The standard InChI is InChI=1S/C50H54N2O/c1-7-36(8-2)30-38-31-47-40-21-15-14-20-39(40)45(50(9-3,10-4)52(47)33-44(38)37-18-12-11-13-19-37)25-27-51-26-24-34(5)28-46(51)42-32-43-41-22-16-17-23-48(41)53-49(43)29-35(42)6/h11-24,26,28-29,31-33,36,45H,7-10,25,27,30H2,1-6H3/q+2. The number of aromatic nitrogens is 2. The first-order valence-corrected chi connectivity index (χ1v) is 20.0. The van der Waals surface area contributed by atoms with Gasteiger partial charge in [-0.15, -0.1) is 0 Å². The molecule has 0 aliphatic carbocycles. The molecule has 3 nitrogen and oxygen atoms in total. The van der Waals surface area contributed by atoms with Crippen LogP contribution in [0.5, 0.6) is 0 Å². The smallest absolute Gasteiger partial charge is 0.213 e. The molecule has 0 radical (unpaired) electrons. The molecule has 1 aliphatic heterocycles. The van der Waals surface area contributed by atoms with Crippen molar-refractivity contribution in [1.82, 2.24) is 0 Å². The third kappa shape index (κ3) is 6.09. The van der Waals surface area contributed by atoms with E-state index in [1.54, 1.807) is 0 Å². The molecule has 3 heteroatoms. The van der Waals surface area contributed by atoms with Crippen LogP contribution in [0, 0.1) is 19.8 Å². The summed E-state index contributed by atoms with van der Waals surface area (Å²) in [6.45, 7) is 14.9. The van der Waals surface area contributed by atoms with Crippen LogP contribution in [-0.4, -0.2) is 0 Å². The number of benzene rings is 4. The first kappa shape index (κ1) is 35.0. The lowest BCUT2D eigenvalue weighted by Gasteiger charge is -2.40. The molecule has 268 valence electrons. The molecule has 0 saturated heterocycles. The third-order valence-electron chi connectivity index (χ3n) is 12.7. The van der Waals surface area contributed by atoms with Crippen LogP contribution >= 0.6 is 0 Å². The molecule has 1 unspecified atom stereocenters. The average Bonchev–Trinajstić information content (AvgIpc) is 3.56. The quantitative estimate of drug-likeness (QED) is 0.123. The van der Waals surface area contributed by atoms with Gasteiger partial charge in [-0.05, 0) is 78.3 Å². The fraction of sp³-hybridized carbons (Fsp3) is 0.320. The predicted octanol–water partition coefficient (Wildman–Crippen LogP) is 12.5. The summed E-state index contributed by atoms with van der Waals surface area (Å²) in [4.78, 5) is 0. The van der Waals surface area contributed by atoms with Crippen molar-refractivity contribution >= 4 is 21.9 Å². The molecule has 4 aromatic carbocycles. The van der Waals surface area contributed by atoms with E-state index in [-0.39, 0.29) is 5.54 Å². The number of pyridine rings is 2. The molecular weight excluding hydrogens is 645 g/mol. The Balaban J connectivity index is 1.24. The van der Waals surface area contributed by atoms with Crippen molar-refractivity contribution in [3.05, 3.63) is 144 Å². The molecule has 1 aliphatic rings. The second-order valence-corrected chi connectivity index (χ2v) is 15.5. The minimum Gasteiger partial charge on any atom is -0.456 e. The zero-order valence-electron chi connectivity index (χ0n) is 32.5. The summed E-state index contributed by atoms with van der Waals surface area (Å²) in [6.07, 6.45) is 11.5. The largest absolute Gasteiger partial charge is 0.456 e. The Bertz CT molecular complexity index is 2410. The molecule has 0 bridgehead atoms. The maximum Gasteiger partial charge on any atom is 0.213 e. The third-order valence-corrected chi connectivity index (χ3v) is 12.7. The Hall–Kier alpha value is -5.02. The van der Waals surface area contributed by atoms with Crippen molar-refractivity contribution in [2.24, 2.45) is 5.92 Å². The summed E-state index contributed by atoms with van der Waals surface area (Å²) in [5, 5.41) is 2.35. The van der Waals surface area contributed by atoms with Crippen LogP contribution in [0.15, 0.2) is 126 Å². The number of aryl methyl sites for hydroxylation is 3. The Morgan fingerprint density at radius 2 is 1.42 bits per heavy atom. The van der Waals surface area contributed by atoms with E-state index in [1.165, 1.54) is 79.5 Å². The Morgan fingerprint density at radius 3 is 2.19 bits per heavy atom. The van der Waals surface area contributed by atoms with E-state index in [9.17, 15) is 0 Å². The molecule has 0 amide bonds. The van der Waals surface area contributed by atoms with Gasteiger partial charge in [0.05, 0.1) is 5.92 Å². The first-order valence-electron chi connectivity index (χ1n) is 20.0. The van der Waals surface area contributed by atoms with Crippen LogP contribution in [0.25, 0.3) is 55.6 Å². The van der Waals surface area contributed by atoms with E-state index in [2.05, 4.69) is 172 Å². The summed E-state index contributed by atoms with van der Waals surface area (Å²) >= 11 is 0. The van der Waals surface area contributed by atoms with Crippen molar-refractivity contribution in [2.45, 2.75) is 98.1 Å². The summed E-state index contributed by atoms with van der Waals surface area (Å²) < 4.78 is 11.5. The number of hydrogen-bond donors (Lipinski definition) is 0. The van der Waals surface area contributed by atoms with Crippen LogP contribution in [0.3, 0.4) is 0 Å². The highest BCUT2D eigenvalue weighted by Crippen LogP contribution is 2.48. The number of furan rings is 1. The van der Waals surface area contributed by atoms with E-state index >= 15 is 0 Å². The highest BCUT2D eigenvalue weighted by molar-refractivity contribution is 6.06. The molecule has 7 aromatic rings. The Morgan fingerprint density at radius 1 is 0.679 bits per heavy atom. The summed E-state index contributed by atoms with van der Waals surface area (Å²) in [6, 6.07) is 40.6. The minimum absolute atomic E-state index is 0.0589. The van der Waals surface area contributed by atoms with Crippen LogP contribution < -0.4 is 9.13 Å². The zero-order chi connectivity index (χ0) is 36.7. The molecule has 3 aromatic heterocycles. The molecule has 53 heavy (non-hydrogen) atoms.